The topological polar surface area (TPSA) is 105 Å². The SMILES string of the molecule is C=CCOC(=O)C1=C(C)N=c2s/c(=C/c3cc(OC)ccc3OC)c(=O)n2[C@H]1c1ccc(OC(C)=O)cc1. The first-order valence-corrected chi connectivity index (χ1v) is 12.4. The number of benzene rings is 2. The molecule has 2 heterocycles. The molecule has 0 radical (unpaired) electrons. The van der Waals surface area contributed by atoms with Crippen LogP contribution in [0, 0.1) is 0 Å². The predicted molar refractivity (Wildman–Crippen MR) is 142 cm³/mol. The summed E-state index contributed by atoms with van der Waals surface area (Å²) in [6.07, 6.45) is 3.18. The van der Waals surface area contributed by atoms with Gasteiger partial charge in [0.2, 0.25) is 0 Å². The van der Waals surface area contributed by atoms with Crippen LogP contribution in [0.3, 0.4) is 0 Å². The monoisotopic (exact) mass is 534 g/mol. The van der Waals surface area contributed by atoms with Crippen molar-refractivity contribution in [2.45, 2.75) is 19.9 Å². The van der Waals surface area contributed by atoms with Gasteiger partial charge in [0.1, 0.15) is 23.9 Å². The van der Waals surface area contributed by atoms with E-state index in [2.05, 4.69) is 11.6 Å². The Labute approximate surface area is 222 Å². The zero-order valence-electron chi connectivity index (χ0n) is 21.3. The maximum Gasteiger partial charge on any atom is 0.338 e. The molecule has 0 unspecified atom stereocenters. The smallest absolute Gasteiger partial charge is 0.338 e. The van der Waals surface area contributed by atoms with E-state index < -0.39 is 18.0 Å². The van der Waals surface area contributed by atoms with Gasteiger partial charge in [-0.2, -0.15) is 0 Å². The number of esters is 2. The van der Waals surface area contributed by atoms with E-state index in [4.69, 9.17) is 18.9 Å². The third-order valence-corrected chi connectivity index (χ3v) is 6.74. The largest absolute Gasteiger partial charge is 0.497 e. The number of rotatable bonds is 8. The zero-order chi connectivity index (χ0) is 27.4. The lowest BCUT2D eigenvalue weighted by Gasteiger charge is -2.24. The minimum Gasteiger partial charge on any atom is -0.497 e. The molecule has 38 heavy (non-hydrogen) atoms. The molecule has 196 valence electrons. The van der Waals surface area contributed by atoms with Crippen LogP contribution in [-0.2, 0) is 14.3 Å². The number of ether oxygens (including phenoxy) is 4. The number of methoxy groups -OCH3 is 2. The van der Waals surface area contributed by atoms with Gasteiger partial charge < -0.3 is 18.9 Å². The molecule has 1 aliphatic rings. The molecule has 0 fully saturated rings. The number of hydrogen-bond donors (Lipinski definition) is 0. The van der Waals surface area contributed by atoms with Gasteiger partial charge in [0.15, 0.2) is 4.80 Å². The number of hydrogen-bond acceptors (Lipinski definition) is 9. The summed E-state index contributed by atoms with van der Waals surface area (Å²) in [6, 6.07) is 11.1. The predicted octanol–water partition coefficient (Wildman–Crippen LogP) is 2.91. The number of thiazole rings is 1. The molecular formula is C28H26N2O7S. The van der Waals surface area contributed by atoms with E-state index >= 15 is 0 Å². The molecule has 1 aliphatic heterocycles. The summed E-state index contributed by atoms with van der Waals surface area (Å²) in [5.74, 6) is 0.458. The molecule has 1 aromatic heterocycles. The van der Waals surface area contributed by atoms with E-state index in [1.807, 2.05) is 0 Å². The second kappa shape index (κ2) is 11.3. The molecule has 0 bridgehead atoms. The van der Waals surface area contributed by atoms with E-state index in [0.717, 1.165) is 0 Å². The van der Waals surface area contributed by atoms with Gasteiger partial charge >= 0.3 is 11.9 Å². The summed E-state index contributed by atoms with van der Waals surface area (Å²) in [6.45, 7) is 6.61. The maximum absolute atomic E-state index is 13.8. The molecule has 1 atom stereocenters. The van der Waals surface area contributed by atoms with Crippen LogP contribution in [0.4, 0.5) is 0 Å². The third-order valence-electron chi connectivity index (χ3n) is 5.75. The summed E-state index contributed by atoms with van der Waals surface area (Å²) in [5, 5.41) is 0. The molecule has 0 saturated heterocycles. The highest BCUT2D eigenvalue weighted by Gasteiger charge is 2.33. The Kier molecular flexibility index (Phi) is 7.92. The van der Waals surface area contributed by atoms with Crippen molar-refractivity contribution in [1.29, 1.82) is 0 Å². The van der Waals surface area contributed by atoms with Crippen LogP contribution in [0.5, 0.6) is 17.2 Å². The van der Waals surface area contributed by atoms with Gasteiger partial charge in [0, 0.05) is 12.5 Å². The Hall–Kier alpha value is -4.44. The Balaban J connectivity index is 1.92. The van der Waals surface area contributed by atoms with Crippen molar-refractivity contribution < 1.29 is 28.5 Å². The summed E-state index contributed by atoms with van der Waals surface area (Å²) >= 11 is 1.19. The highest BCUT2D eigenvalue weighted by Crippen LogP contribution is 2.32. The molecule has 0 saturated carbocycles. The van der Waals surface area contributed by atoms with Crippen LogP contribution in [0.2, 0.25) is 0 Å². The van der Waals surface area contributed by atoms with Gasteiger partial charge in [-0.3, -0.25) is 14.2 Å². The van der Waals surface area contributed by atoms with Gasteiger partial charge in [0.25, 0.3) is 5.56 Å². The molecule has 0 aliphatic carbocycles. The zero-order valence-corrected chi connectivity index (χ0v) is 22.2. The first-order valence-electron chi connectivity index (χ1n) is 11.6. The number of carbonyl (C=O) groups is 2. The van der Waals surface area contributed by atoms with Gasteiger partial charge in [-0.15, -0.1) is 0 Å². The molecule has 0 spiro atoms. The van der Waals surface area contributed by atoms with Crippen LogP contribution in [0.1, 0.15) is 31.0 Å². The van der Waals surface area contributed by atoms with Crippen molar-refractivity contribution in [2.24, 2.45) is 4.99 Å². The number of nitrogens with zero attached hydrogens (tertiary/aromatic N) is 2. The minimum atomic E-state index is -0.815. The lowest BCUT2D eigenvalue weighted by molar-refractivity contribution is -0.138. The second-order valence-corrected chi connectivity index (χ2v) is 9.25. The van der Waals surface area contributed by atoms with Crippen LogP contribution in [0.15, 0.2) is 76.2 Å². The molecule has 0 amide bonds. The van der Waals surface area contributed by atoms with Crippen molar-refractivity contribution in [1.82, 2.24) is 4.57 Å². The van der Waals surface area contributed by atoms with Crippen LogP contribution >= 0.6 is 11.3 Å². The molecule has 10 heteroatoms. The lowest BCUT2D eigenvalue weighted by Crippen LogP contribution is -2.39. The number of carbonyl (C=O) groups excluding carboxylic acids is 2. The first-order chi connectivity index (χ1) is 18.3. The quantitative estimate of drug-likeness (QED) is 0.249. The number of fused-ring (bicyclic) bond motifs is 1. The van der Waals surface area contributed by atoms with Gasteiger partial charge in [-0.25, -0.2) is 9.79 Å². The third kappa shape index (κ3) is 5.30. The molecule has 2 aromatic carbocycles. The van der Waals surface area contributed by atoms with Crippen LogP contribution in [-0.4, -0.2) is 37.3 Å². The van der Waals surface area contributed by atoms with Crippen molar-refractivity contribution in [3.63, 3.8) is 0 Å². The number of allylic oxidation sites excluding steroid dienone is 1. The summed E-state index contributed by atoms with van der Waals surface area (Å²) < 4.78 is 23.2. The standard InChI is InChI=1S/C28H26N2O7S/c1-6-13-36-27(33)24-16(2)29-28-30(25(24)18-7-9-20(10-8-18)37-17(3)31)26(32)23(38-28)15-19-14-21(34-4)11-12-22(19)35-5/h6-12,14-15,25H,1,13H2,2-5H3/b23-15+/t25-/m0/s1. The van der Waals surface area contributed by atoms with Gasteiger partial charge in [-0.1, -0.05) is 36.1 Å². The lowest BCUT2D eigenvalue weighted by atomic mass is 9.96. The van der Waals surface area contributed by atoms with E-state index in [1.165, 1.54) is 28.9 Å². The number of aromatic nitrogens is 1. The fourth-order valence-corrected chi connectivity index (χ4v) is 5.13. The minimum absolute atomic E-state index is 0.00772. The van der Waals surface area contributed by atoms with Crippen molar-refractivity contribution >= 4 is 29.4 Å². The maximum atomic E-state index is 13.8. The normalized spacial score (nSPS) is 14.8. The molecule has 3 aromatic rings. The van der Waals surface area contributed by atoms with E-state index in [1.54, 1.807) is 69.7 Å². The molecular weight excluding hydrogens is 508 g/mol. The fourth-order valence-electron chi connectivity index (χ4n) is 4.09. The van der Waals surface area contributed by atoms with Crippen molar-refractivity contribution in [2.75, 3.05) is 20.8 Å². The average molecular weight is 535 g/mol. The molecule has 9 nitrogen and oxygen atoms in total. The van der Waals surface area contributed by atoms with E-state index in [0.29, 0.717) is 43.4 Å². The summed E-state index contributed by atoms with van der Waals surface area (Å²) in [7, 11) is 3.10. The summed E-state index contributed by atoms with van der Waals surface area (Å²) in [4.78, 5) is 43.3. The van der Waals surface area contributed by atoms with E-state index in [-0.39, 0.29) is 17.7 Å². The second-order valence-electron chi connectivity index (χ2n) is 8.24. The van der Waals surface area contributed by atoms with Crippen molar-refractivity contribution in [3.05, 3.63) is 97.2 Å². The fraction of sp³-hybridized carbons (Fsp3) is 0.214. The Morgan fingerprint density at radius 1 is 1.11 bits per heavy atom. The van der Waals surface area contributed by atoms with Crippen molar-refractivity contribution in [3.8, 4) is 17.2 Å². The first kappa shape index (κ1) is 26.6. The van der Waals surface area contributed by atoms with E-state index in [9.17, 15) is 14.4 Å². The van der Waals surface area contributed by atoms with Gasteiger partial charge in [0.05, 0.1) is 36.1 Å². The highest BCUT2D eigenvalue weighted by molar-refractivity contribution is 7.07. The highest BCUT2D eigenvalue weighted by atomic mass is 32.1. The summed E-state index contributed by atoms with van der Waals surface area (Å²) in [5.41, 5.74) is 1.59. The Morgan fingerprint density at radius 2 is 1.82 bits per heavy atom. The van der Waals surface area contributed by atoms with Crippen LogP contribution in [0.25, 0.3) is 6.08 Å². The Bertz CT molecular complexity index is 1610. The molecule has 4 rings (SSSR count). The average Bonchev–Trinajstić information content (AvgIpc) is 3.20. The van der Waals surface area contributed by atoms with Crippen LogP contribution < -0.4 is 29.1 Å². The van der Waals surface area contributed by atoms with Gasteiger partial charge in [-0.05, 0) is 48.9 Å². The molecule has 0 N–H and O–H groups in total. The Morgan fingerprint density at radius 3 is 2.45 bits per heavy atom.